The van der Waals surface area contributed by atoms with Gasteiger partial charge >= 0.3 is 0 Å². The van der Waals surface area contributed by atoms with E-state index in [2.05, 4.69) is 11.1 Å². The third kappa shape index (κ3) is 10.4. The minimum absolute atomic E-state index is 0. The summed E-state index contributed by atoms with van der Waals surface area (Å²) in [7, 11) is 0. The second kappa shape index (κ2) is 19.9. The van der Waals surface area contributed by atoms with Crippen LogP contribution in [0.15, 0.2) is 152 Å². The van der Waals surface area contributed by atoms with E-state index in [1.807, 2.05) is 26.0 Å². The number of rotatable bonds is 9. The van der Waals surface area contributed by atoms with E-state index in [4.69, 9.17) is 43.4 Å². The molecular weight excluding hydrogens is 1060 g/mol. The number of fused-ring (bicyclic) bond motifs is 1. The summed E-state index contributed by atoms with van der Waals surface area (Å²) in [5.74, 6) is -3.64. The summed E-state index contributed by atoms with van der Waals surface area (Å²) in [6, 6.07) is 38.4. The quantitative estimate of drug-likeness (QED) is 0.147. The van der Waals surface area contributed by atoms with Crippen LogP contribution in [0.3, 0.4) is 0 Å². The van der Waals surface area contributed by atoms with Crippen LogP contribution < -0.4 is 0 Å². The first-order valence-corrected chi connectivity index (χ1v) is 22.7. The Hall–Kier alpha value is -6.35. The average molecular weight is 1160 g/mol. The van der Waals surface area contributed by atoms with Crippen molar-refractivity contribution in [3.05, 3.63) is 191 Å². The van der Waals surface area contributed by atoms with Crippen LogP contribution in [0.2, 0.25) is 0 Å². The standard InChI is InChI=1S/C67H70N3O.Pt/c1-41(2)48-32-49(42(3)4)34-51(33-48)46-25-28-60(43(5)31-46)70-61-22-18-21-56(62(61)69-64(70)57-39-55(66(9,10)11)40-58(63(57)71)67(12,13)14)52-35-50(44-19-16-15-17-20-44)36-53(37-52)59-38-47(29-30-68-59)45-23-26-54(27-24-45)65(6,7)8;/h15-36,38-42,71H,1-14H3;/q-1;/i5D3,6D3,7D3,8D3,9D3,10D3,11D3,12D3,13D3,14D3,41D;. The van der Waals surface area contributed by atoms with Gasteiger partial charge in [0.25, 0.3) is 0 Å². The Morgan fingerprint density at radius 3 is 1.92 bits per heavy atom. The molecule has 1 N–H and O–H groups in total. The predicted octanol–water partition coefficient (Wildman–Crippen LogP) is 18.4. The number of aromatic nitrogens is 3. The van der Waals surface area contributed by atoms with Gasteiger partial charge in [-0.05, 0) is 121 Å². The van der Waals surface area contributed by atoms with Crippen LogP contribution in [0.5, 0.6) is 5.75 Å². The molecule has 4 nitrogen and oxygen atoms in total. The molecule has 0 fully saturated rings. The third-order valence-corrected chi connectivity index (χ3v) is 12.6. The van der Waals surface area contributed by atoms with E-state index in [0.29, 0.717) is 45.0 Å². The van der Waals surface area contributed by atoms with Crippen LogP contribution in [-0.4, -0.2) is 19.6 Å². The van der Waals surface area contributed by atoms with Crippen LogP contribution in [0, 0.1) is 12.9 Å². The molecule has 7 aromatic carbocycles. The van der Waals surface area contributed by atoms with E-state index in [1.54, 1.807) is 74.5 Å². The van der Waals surface area contributed by atoms with E-state index in [0.717, 1.165) is 22.3 Å². The number of aryl methyl sites for hydroxylation is 1. The van der Waals surface area contributed by atoms with Crippen molar-refractivity contribution in [1.29, 1.82) is 0 Å². The molecule has 0 aliphatic rings. The predicted molar refractivity (Wildman–Crippen MR) is 301 cm³/mol. The van der Waals surface area contributed by atoms with Crippen molar-refractivity contribution in [2.24, 2.45) is 0 Å². The van der Waals surface area contributed by atoms with Gasteiger partial charge in [0.05, 0.1) is 22.3 Å². The Morgan fingerprint density at radius 1 is 0.569 bits per heavy atom. The van der Waals surface area contributed by atoms with E-state index in [9.17, 15) is 9.22 Å². The van der Waals surface area contributed by atoms with Gasteiger partial charge in [-0.2, -0.15) is 0 Å². The topological polar surface area (TPSA) is 50.9 Å². The molecule has 0 aliphatic heterocycles. The maximum absolute atomic E-state index is 13.2. The summed E-state index contributed by atoms with van der Waals surface area (Å²) >= 11 is 0. The zero-order chi connectivity index (χ0) is 76.7. The molecule has 370 valence electrons. The molecule has 0 saturated carbocycles. The minimum Gasteiger partial charge on any atom is -0.507 e. The van der Waals surface area contributed by atoms with Crippen molar-refractivity contribution >= 4 is 11.0 Å². The Balaban J connectivity index is 0.0000134. The number of hydrogen-bond donors (Lipinski definition) is 1. The number of imidazole rings is 1. The molecule has 0 amide bonds. The van der Waals surface area contributed by atoms with Crippen LogP contribution in [-0.2, 0) is 37.3 Å². The fourth-order valence-electron chi connectivity index (χ4n) is 8.72. The van der Waals surface area contributed by atoms with Crippen molar-refractivity contribution in [3.63, 3.8) is 0 Å². The zero-order valence-corrected chi connectivity index (χ0v) is 41.9. The van der Waals surface area contributed by atoms with Crippen LogP contribution >= 0.6 is 0 Å². The molecule has 0 atom stereocenters. The van der Waals surface area contributed by atoms with E-state index in [1.165, 1.54) is 54.7 Å². The Bertz CT molecular complexity index is 4520. The summed E-state index contributed by atoms with van der Waals surface area (Å²) in [6.45, 7) is -32.1. The molecule has 9 rings (SSSR count). The van der Waals surface area contributed by atoms with E-state index < -0.39 is 130 Å². The van der Waals surface area contributed by atoms with Gasteiger partial charge in [-0.15, -0.1) is 23.8 Å². The molecular formula is C67H70N3OPt-. The molecule has 0 aliphatic carbocycles. The van der Waals surface area contributed by atoms with Gasteiger partial charge in [-0.3, -0.25) is 9.55 Å². The van der Waals surface area contributed by atoms with Gasteiger partial charge in [0, 0.05) is 81.0 Å². The van der Waals surface area contributed by atoms with Crippen molar-refractivity contribution in [2.45, 2.75) is 124 Å². The van der Waals surface area contributed by atoms with E-state index >= 15 is 0 Å². The molecule has 0 saturated heterocycles. The van der Waals surface area contributed by atoms with Crippen LogP contribution in [0.4, 0.5) is 0 Å². The van der Waals surface area contributed by atoms with Gasteiger partial charge in [-0.25, -0.2) is 4.98 Å². The molecule has 0 unspecified atom stereocenters. The molecule has 5 heteroatoms. The second-order valence-corrected chi connectivity index (χ2v) is 18.4. The summed E-state index contributed by atoms with van der Waals surface area (Å²) in [6.07, 6.45) is 1.42. The zero-order valence-electron chi connectivity index (χ0n) is 70.6. The maximum Gasteiger partial charge on any atom is 0.148 e. The van der Waals surface area contributed by atoms with Crippen LogP contribution in [0.1, 0.15) is 177 Å². The third-order valence-electron chi connectivity index (χ3n) is 12.6. The normalized spacial score (nSPS) is 20.5. The van der Waals surface area contributed by atoms with Crippen molar-refractivity contribution < 1.29 is 68.7 Å². The average Bonchev–Trinajstić information content (AvgIpc) is 1.21. The minimum atomic E-state index is -4.33. The summed E-state index contributed by atoms with van der Waals surface area (Å²) in [5, 5.41) is 13.2. The number of pyridine rings is 1. The molecule has 2 aromatic heterocycles. The Kier molecular flexibility index (Phi) is 7.07. The summed E-state index contributed by atoms with van der Waals surface area (Å²) in [4.78, 5) is 9.70. The van der Waals surface area contributed by atoms with Crippen LogP contribution in [0.25, 0.3) is 83.9 Å². The molecule has 0 radical (unpaired) electrons. The molecule has 9 aromatic rings. The number of para-hydroxylation sites is 1. The van der Waals surface area contributed by atoms with Gasteiger partial charge in [0.15, 0.2) is 0 Å². The number of benzene rings is 7. The molecule has 0 bridgehead atoms. The Labute approximate surface area is 487 Å². The number of phenols is 1. The Morgan fingerprint density at radius 2 is 1.22 bits per heavy atom. The molecule has 0 spiro atoms. The van der Waals surface area contributed by atoms with Crippen molar-refractivity contribution in [2.75, 3.05) is 0 Å². The number of nitrogens with zero attached hydrogens (tertiary/aromatic N) is 3. The maximum atomic E-state index is 13.2. The smallest absolute Gasteiger partial charge is 0.148 e. The first kappa shape index (κ1) is 25.5. The SMILES string of the molecule is [2H]C([2H])([2H])c1cc(-c2cc(C(C)C)cc(C([2H])(C)C)c2)ccc1-n1c(-c2cc(C(C([2H])([2H])[2H])(C([2H])([2H])[2H])C([2H])([2H])[2H])cc(C(C([2H])([2H])[2H])(C([2H])([2H])[2H])C([2H])([2H])[2H])c2O)nc2c(-c3[c-]c(-c4cc(-c5ccc(C(C([2H])([2H])[2H])(C([2H])([2H])[2H])C([2H])([2H])[2H])cc5)ccn4)cc(-c4ccccc4)c3)cccc21.[Pt]. The number of phenolic OH excluding ortho intramolecular Hbond substituents is 1. The largest absolute Gasteiger partial charge is 0.507 e. The summed E-state index contributed by atoms with van der Waals surface area (Å²) < 4.78 is 271. The number of aromatic hydroxyl groups is 1. The second-order valence-electron chi connectivity index (χ2n) is 18.4. The summed E-state index contributed by atoms with van der Waals surface area (Å²) in [5.41, 5.74) is -12.9. The van der Waals surface area contributed by atoms with E-state index in [-0.39, 0.29) is 72.2 Å². The number of hydrogen-bond acceptors (Lipinski definition) is 3. The fraction of sp³-hybridized carbons (Fsp3) is 0.284. The molecule has 2 heterocycles. The van der Waals surface area contributed by atoms with Gasteiger partial charge < -0.3 is 5.11 Å². The van der Waals surface area contributed by atoms with Crippen molar-refractivity contribution in [1.82, 2.24) is 14.5 Å². The fourth-order valence-corrected chi connectivity index (χ4v) is 8.72. The first-order valence-electron chi connectivity index (χ1n) is 38.2. The first-order chi connectivity index (χ1) is 46.3. The monoisotopic (exact) mass is 1160 g/mol. The van der Waals surface area contributed by atoms with Gasteiger partial charge in [0.1, 0.15) is 11.6 Å². The van der Waals surface area contributed by atoms with Gasteiger partial charge in [-0.1, -0.05) is 209 Å². The molecule has 72 heavy (non-hydrogen) atoms. The van der Waals surface area contributed by atoms with Gasteiger partial charge in [0.2, 0.25) is 0 Å². The van der Waals surface area contributed by atoms with Crippen molar-refractivity contribution in [3.8, 4) is 78.6 Å².